The van der Waals surface area contributed by atoms with E-state index in [0.29, 0.717) is 11.4 Å². The Morgan fingerprint density at radius 2 is 2.12 bits per heavy atom. The first-order chi connectivity index (χ1) is 8.06. The molecule has 1 aromatic carbocycles. The van der Waals surface area contributed by atoms with Crippen LogP contribution in [0.2, 0.25) is 5.02 Å². The highest BCUT2D eigenvalue weighted by atomic mass is 35.5. The molecule has 2 nitrogen and oxygen atoms in total. The topological polar surface area (TPSA) is 34.1 Å². The Bertz CT molecular complexity index is 418. The summed E-state index contributed by atoms with van der Waals surface area (Å²) < 4.78 is 13.6. The average molecular weight is 257 g/mol. The molecule has 0 heterocycles. The van der Waals surface area contributed by atoms with Crippen LogP contribution in [0.25, 0.3) is 0 Å². The summed E-state index contributed by atoms with van der Waals surface area (Å²) in [6.45, 7) is 1.90. The van der Waals surface area contributed by atoms with Crippen LogP contribution in [-0.4, -0.2) is 17.7 Å². The van der Waals surface area contributed by atoms with Crippen LogP contribution >= 0.6 is 11.6 Å². The zero-order valence-electron chi connectivity index (χ0n) is 9.58. The summed E-state index contributed by atoms with van der Waals surface area (Å²) in [5, 5.41) is 0.351. The first-order valence-corrected chi connectivity index (χ1v) is 5.90. The quantitative estimate of drug-likeness (QED) is 0.575. The third-order valence-electron chi connectivity index (χ3n) is 2.40. The Morgan fingerprint density at radius 1 is 1.41 bits per heavy atom. The lowest BCUT2D eigenvalue weighted by Gasteiger charge is -2.06. The molecular formula is C13H14ClFO2. The molecule has 1 rings (SSSR count). The van der Waals surface area contributed by atoms with Crippen molar-refractivity contribution in [2.75, 3.05) is 0 Å². The summed E-state index contributed by atoms with van der Waals surface area (Å²) >= 11 is 5.70. The number of unbranched alkanes of at least 4 members (excludes halogenated alkanes) is 1. The minimum atomic E-state index is -2.07. The number of carbonyl (C=O) groups excluding carboxylic acids is 2. The van der Waals surface area contributed by atoms with Crippen molar-refractivity contribution in [1.29, 1.82) is 0 Å². The van der Waals surface area contributed by atoms with Gasteiger partial charge in [-0.2, -0.15) is 0 Å². The number of halogens is 2. The highest BCUT2D eigenvalue weighted by Gasteiger charge is 2.26. The van der Waals surface area contributed by atoms with Gasteiger partial charge in [-0.3, -0.25) is 9.59 Å². The van der Waals surface area contributed by atoms with Crippen LogP contribution in [0.1, 0.15) is 36.5 Å². The Labute approximate surface area is 105 Å². The molecule has 0 fully saturated rings. The highest BCUT2D eigenvalue weighted by Crippen LogP contribution is 2.15. The second kappa shape index (κ2) is 6.50. The molecule has 1 aromatic rings. The summed E-state index contributed by atoms with van der Waals surface area (Å²) in [5.74, 6) is -1.47. The van der Waals surface area contributed by atoms with Gasteiger partial charge in [0.1, 0.15) is 0 Å². The van der Waals surface area contributed by atoms with Crippen molar-refractivity contribution in [2.45, 2.75) is 32.4 Å². The van der Waals surface area contributed by atoms with Gasteiger partial charge >= 0.3 is 0 Å². The van der Waals surface area contributed by atoms with E-state index in [1.54, 1.807) is 12.1 Å². The van der Waals surface area contributed by atoms with E-state index in [4.69, 9.17) is 11.6 Å². The number of benzene rings is 1. The number of ketones is 2. The molecular weight excluding hydrogens is 243 g/mol. The lowest BCUT2D eigenvalue weighted by Crippen LogP contribution is -2.25. The normalized spacial score (nSPS) is 12.2. The second-order valence-electron chi connectivity index (χ2n) is 3.81. The number of Topliss-reactive ketones (excluding diaryl/α,β-unsaturated/α-hetero) is 2. The van der Waals surface area contributed by atoms with Gasteiger partial charge in [-0.25, -0.2) is 4.39 Å². The van der Waals surface area contributed by atoms with E-state index in [0.717, 1.165) is 6.42 Å². The van der Waals surface area contributed by atoms with Crippen LogP contribution in [0.4, 0.5) is 4.39 Å². The molecule has 0 aliphatic heterocycles. The number of rotatable bonds is 6. The van der Waals surface area contributed by atoms with E-state index >= 15 is 0 Å². The molecule has 17 heavy (non-hydrogen) atoms. The van der Waals surface area contributed by atoms with E-state index in [2.05, 4.69) is 0 Å². The van der Waals surface area contributed by atoms with E-state index in [1.807, 2.05) is 6.92 Å². The van der Waals surface area contributed by atoms with Crippen LogP contribution in [0.3, 0.4) is 0 Å². The number of alkyl halides is 1. The third-order valence-corrected chi connectivity index (χ3v) is 2.63. The molecule has 0 saturated carbocycles. The van der Waals surface area contributed by atoms with E-state index in [9.17, 15) is 14.0 Å². The van der Waals surface area contributed by atoms with Crippen molar-refractivity contribution in [2.24, 2.45) is 0 Å². The molecule has 4 heteroatoms. The van der Waals surface area contributed by atoms with Crippen molar-refractivity contribution in [3.63, 3.8) is 0 Å². The minimum absolute atomic E-state index is 0.101. The molecule has 0 bridgehead atoms. The van der Waals surface area contributed by atoms with Crippen molar-refractivity contribution in [3.8, 4) is 0 Å². The monoisotopic (exact) mass is 256 g/mol. The van der Waals surface area contributed by atoms with Gasteiger partial charge in [0, 0.05) is 17.0 Å². The summed E-state index contributed by atoms with van der Waals surface area (Å²) in [6, 6.07) is 5.96. The predicted molar refractivity (Wildman–Crippen MR) is 65.2 cm³/mol. The fourth-order valence-electron chi connectivity index (χ4n) is 1.41. The SMILES string of the molecule is CCCCC(=O)C(F)C(=O)c1cccc(Cl)c1. The van der Waals surface area contributed by atoms with Crippen LogP contribution in [0.5, 0.6) is 0 Å². The summed E-state index contributed by atoms with van der Waals surface area (Å²) in [4.78, 5) is 23.0. The standard InChI is InChI=1S/C13H14ClFO2/c1-2-3-7-11(16)12(15)13(17)9-5-4-6-10(14)8-9/h4-6,8,12H,2-3,7H2,1H3. The van der Waals surface area contributed by atoms with Crippen LogP contribution in [0, 0.1) is 0 Å². The van der Waals surface area contributed by atoms with Gasteiger partial charge in [0.15, 0.2) is 5.78 Å². The summed E-state index contributed by atoms with van der Waals surface area (Å²) in [5.41, 5.74) is 0.134. The molecule has 92 valence electrons. The molecule has 0 amide bonds. The molecule has 0 N–H and O–H groups in total. The molecule has 0 aliphatic carbocycles. The first-order valence-electron chi connectivity index (χ1n) is 5.52. The summed E-state index contributed by atoms with van der Waals surface area (Å²) in [6.07, 6.45) is -0.574. The first kappa shape index (κ1) is 13.8. The van der Waals surface area contributed by atoms with Crippen LogP contribution < -0.4 is 0 Å². The molecule has 0 spiro atoms. The number of hydrogen-bond donors (Lipinski definition) is 0. The minimum Gasteiger partial charge on any atom is -0.296 e. The lowest BCUT2D eigenvalue weighted by molar-refractivity contribution is -0.122. The summed E-state index contributed by atoms with van der Waals surface area (Å²) in [7, 11) is 0. The van der Waals surface area contributed by atoms with E-state index in [-0.39, 0.29) is 12.0 Å². The third kappa shape index (κ3) is 3.93. The average Bonchev–Trinajstić information content (AvgIpc) is 2.34. The molecule has 0 aliphatic rings. The molecule has 0 aromatic heterocycles. The second-order valence-corrected chi connectivity index (χ2v) is 4.24. The van der Waals surface area contributed by atoms with Gasteiger partial charge in [-0.1, -0.05) is 37.1 Å². The van der Waals surface area contributed by atoms with Gasteiger partial charge in [-0.15, -0.1) is 0 Å². The van der Waals surface area contributed by atoms with Gasteiger partial charge < -0.3 is 0 Å². The fraction of sp³-hybridized carbons (Fsp3) is 0.385. The number of hydrogen-bond acceptors (Lipinski definition) is 2. The van der Waals surface area contributed by atoms with Crippen LogP contribution in [-0.2, 0) is 4.79 Å². The van der Waals surface area contributed by atoms with Gasteiger partial charge in [0.05, 0.1) is 0 Å². The highest BCUT2D eigenvalue weighted by molar-refractivity contribution is 6.31. The van der Waals surface area contributed by atoms with Crippen molar-refractivity contribution in [3.05, 3.63) is 34.9 Å². The molecule has 0 radical (unpaired) electrons. The maximum absolute atomic E-state index is 13.6. The lowest BCUT2D eigenvalue weighted by atomic mass is 10.0. The Hall–Kier alpha value is -1.22. The van der Waals surface area contributed by atoms with Crippen molar-refractivity contribution < 1.29 is 14.0 Å². The molecule has 0 saturated heterocycles. The zero-order chi connectivity index (χ0) is 12.8. The Balaban J connectivity index is 2.72. The van der Waals surface area contributed by atoms with Crippen molar-refractivity contribution >= 4 is 23.2 Å². The fourth-order valence-corrected chi connectivity index (χ4v) is 1.60. The van der Waals surface area contributed by atoms with Crippen molar-refractivity contribution in [1.82, 2.24) is 0 Å². The van der Waals surface area contributed by atoms with E-state index < -0.39 is 17.7 Å². The van der Waals surface area contributed by atoms with Crippen LogP contribution in [0.15, 0.2) is 24.3 Å². The largest absolute Gasteiger partial charge is 0.296 e. The van der Waals surface area contributed by atoms with E-state index in [1.165, 1.54) is 12.1 Å². The Morgan fingerprint density at radius 3 is 2.71 bits per heavy atom. The van der Waals surface area contributed by atoms with Gasteiger partial charge in [0.2, 0.25) is 12.0 Å². The van der Waals surface area contributed by atoms with Gasteiger partial charge in [-0.05, 0) is 18.6 Å². The maximum atomic E-state index is 13.6. The molecule has 1 atom stereocenters. The molecule has 1 unspecified atom stereocenters. The number of carbonyl (C=O) groups is 2. The predicted octanol–water partition coefficient (Wildman–Crippen LogP) is 3.62. The maximum Gasteiger partial charge on any atom is 0.220 e. The van der Waals surface area contributed by atoms with Gasteiger partial charge in [0.25, 0.3) is 0 Å². The smallest absolute Gasteiger partial charge is 0.220 e. The zero-order valence-corrected chi connectivity index (χ0v) is 10.3. The Kier molecular flexibility index (Phi) is 5.29.